The highest BCUT2D eigenvalue weighted by Crippen LogP contribution is 2.31. The molecule has 0 fully saturated rings. The number of carbonyl (C=O) groups excluding carboxylic acids is 1. The van der Waals surface area contributed by atoms with E-state index in [0.29, 0.717) is 6.61 Å². The maximum absolute atomic E-state index is 11.7. The zero-order valence-corrected chi connectivity index (χ0v) is 15.9. The molecule has 2 nitrogen and oxygen atoms in total. The Balaban J connectivity index is 2.23. The van der Waals surface area contributed by atoms with E-state index in [0.717, 1.165) is 38.5 Å². The average Bonchev–Trinajstić information content (AvgIpc) is 2.56. The number of esters is 1. The van der Waals surface area contributed by atoms with E-state index in [-0.39, 0.29) is 11.4 Å². The summed E-state index contributed by atoms with van der Waals surface area (Å²) in [5.74, 6) is -0.110. The third-order valence-electron chi connectivity index (χ3n) is 4.56. The Morgan fingerprint density at radius 3 is 2.29 bits per heavy atom. The zero-order chi connectivity index (χ0) is 18.1. The quantitative estimate of drug-likeness (QED) is 0.300. The highest BCUT2D eigenvalue weighted by molar-refractivity contribution is 5.75. The average molecular weight is 331 g/mol. The smallest absolute Gasteiger partial charge is 0.311 e. The van der Waals surface area contributed by atoms with Gasteiger partial charge in [-0.2, -0.15) is 0 Å². The van der Waals surface area contributed by atoms with E-state index in [9.17, 15) is 4.79 Å². The van der Waals surface area contributed by atoms with Gasteiger partial charge in [-0.25, -0.2) is 0 Å². The van der Waals surface area contributed by atoms with Gasteiger partial charge in [0.1, 0.15) is 0 Å². The molecule has 0 aromatic heterocycles. The molecule has 0 aliphatic rings. The van der Waals surface area contributed by atoms with Crippen LogP contribution in [0.3, 0.4) is 0 Å². The molecule has 0 heterocycles. The van der Waals surface area contributed by atoms with E-state index in [4.69, 9.17) is 4.74 Å². The number of allylic oxidation sites excluding steroid dienone is 1. The summed E-state index contributed by atoms with van der Waals surface area (Å²) in [5, 5.41) is 0. The molecule has 1 unspecified atom stereocenters. The normalized spacial score (nSPS) is 14.0. The van der Waals surface area contributed by atoms with Gasteiger partial charge in [0, 0.05) is 0 Å². The molecule has 0 N–H and O–H groups in total. The van der Waals surface area contributed by atoms with Crippen LogP contribution in [0, 0.1) is 10.8 Å². The van der Waals surface area contributed by atoms with E-state index in [1.54, 1.807) is 0 Å². The third-order valence-corrected chi connectivity index (χ3v) is 4.56. The van der Waals surface area contributed by atoms with E-state index >= 15 is 0 Å². The van der Waals surface area contributed by atoms with E-state index in [1.165, 1.54) is 5.56 Å². The van der Waals surface area contributed by atoms with Gasteiger partial charge in [-0.1, -0.05) is 56.2 Å². The monoisotopic (exact) mass is 330 g/mol. The molecule has 1 rings (SSSR count). The second kappa shape index (κ2) is 9.66. The molecule has 0 saturated heterocycles. The Hall–Kier alpha value is -1.57. The van der Waals surface area contributed by atoms with Crippen molar-refractivity contribution in [2.24, 2.45) is 10.8 Å². The molecule has 1 aromatic carbocycles. The van der Waals surface area contributed by atoms with Crippen molar-refractivity contribution in [3.05, 3.63) is 48.6 Å². The maximum Gasteiger partial charge on any atom is 0.311 e. The van der Waals surface area contributed by atoms with Gasteiger partial charge >= 0.3 is 5.97 Å². The Bertz CT molecular complexity index is 498. The Kier molecular flexibility index (Phi) is 8.24. The number of unbranched alkanes of at least 4 members (excludes halogenated alkanes) is 2. The van der Waals surface area contributed by atoms with Gasteiger partial charge in [0.15, 0.2) is 0 Å². The largest absolute Gasteiger partial charge is 0.465 e. The van der Waals surface area contributed by atoms with Gasteiger partial charge in [0.2, 0.25) is 0 Å². The second-order valence-electron chi connectivity index (χ2n) is 8.04. The van der Waals surface area contributed by atoms with Crippen LogP contribution in [0.2, 0.25) is 0 Å². The summed E-state index contributed by atoms with van der Waals surface area (Å²) in [6, 6.07) is 10.6. The molecule has 1 atom stereocenters. The van der Waals surface area contributed by atoms with Crippen LogP contribution < -0.4 is 0 Å². The zero-order valence-electron chi connectivity index (χ0n) is 15.9. The van der Waals surface area contributed by atoms with Crippen LogP contribution in [0.5, 0.6) is 0 Å². The first-order valence-electron chi connectivity index (χ1n) is 9.12. The fourth-order valence-electron chi connectivity index (χ4n) is 2.59. The van der Waals surface area contributed by atoms with Crippen molar-refractivity contribution in [1.29, 1.82) is 0 Å². The van der Waals surface area contributed by atoms with Crippen molar-refractivity contribution < 1.29 is 9.53 Å². The standard InChI is InChI=1S/C22H34O2/c1-6-22(5,17-15-19-13-9-7-10-14-19)16-11-8-12-18-24-20(23)21(2,3)4/h6-7,9-10,13-14H,1,8,11-12,15-18H2,2-5H3. The lowest BCUT2D eigenvalue weighted by atomic mass is 9.79. The van der Waals surface area contributed by atoms with Crippen molar-refractivity contribution in [1.82, 2.24) is 0 Å². The number of rotatable bonds is 10. The van der Waals surface area contributed by atoms with Crippen LogP contribution in [-0.4, -0.2) is 12.6 Å². The molecule has 0 aliphatic heterocycles. The molecule has 1 aromatic rings. The van der Waals surface area contributed by atoms with Crippen molar-refractivity contribution >= 4 is 5.97 Å². The minimum atomic E-state index is -0.404. The minimum Gasteiger partial charge on any atom is -0.465 e. The molecule has 24 heavy (non-hydrogen) atoms. The fourth-order valence-corrected chi connectivity index (χ4v) is 2.59. The van der Waals surface area contributed by atoms with E-state index in [1.807, 2.05) is 20.8 Å². The third kappa shape index (κ3) is 7.81. The van der Waals surface area contributed by atoms with Gasteiger partial charge in [-0.05, 0) is 57.4 Å². The summed E-state index contributed by atoms with van der Waals surface area (Å²) < 4.78 is 5.31. The first-order valence-corrected chi connectivity index (χ1v) is 9.12. The highest BCUT2D eigenvalue weighted by atomic mass is 16.5. The molecule has 2 heteroatoms. The number of benzene rings is 1. The number of carbonyl (C=O) groups is 1. The van der Waals surface area contributed by atoms with Gasteiger partial charge in [-0.3, -0.25) is 4.79 Å². The molecular formula is C22H34O2. The summed E-state index contributed by atoms with van der Waals surface area (Å²) in [4.78, 5) is 11.7. The van der Waals surface area contributed by atoms with Crippen LogP contribution in [0.15, 0.2) is 43.0 Å². The van der Waals surface area contributed by atoms with Crippen LogP contribution in [0.4, 0.5) is 0 Å². The van der Waals surface area contributed by atoms with E-state index < -0.39 is 5.41 Å². The summed E-state index contributed by atoms with van der Waals surface area (Å²) in [7, 11) is 0. The SMILES string of the molecule is C=CC(C)(CCCCCOC(=O)C(C)(C)C)CCc1ccccc1. The lowest BCUT2D eigenvalue weighted by Crippen LogP contribution is -2.23. The van der Waals surface area contributed by atoms with Crippen LogP contribution in [-0.2, 0) is 16.0 Å². The van der Waals surface area contributed by atoms with Crippen LogP contribution in [0.1, 0.15) is 65.4 Å². The van der Waals surface area contributed by atoms with Crippen molar-refractivity contribution in [3.63, 3.8) is 0 Å². The number of hydrogen-bond acceptors (Lipinski definition) is 2. The molecule has 0 amide bonds. The lowest BCUT2D eigenvalue weighted by molar-refractivity contribution is -0.153. The Morgan fingerprint density at radius 1 is 1.04 bits per heavy atom. The summed E-state index contributed by atoms with van der Waals surface area (Å²) >= 11 is 0. The van der Waals surface area contributed by atoms with Crippen LogP contribution in [0.25, 0.3) is 0 Å². The number of aryl methyl sites for hydroxylation is 1. The highest BCUT2D eigenvalue weighted by Gasteiger charge is 2.23. The molecule has 134 valence electrons. The fraction of sp³-hybridized carbons (Fsp3) is 0.591. The molecule has 0 radical (unpaired) electrons. The van der Waals surface area contributed by atoms with E-state index in [2.05, 4.69) is 49.9 Å². The molecule has 0 bridgehead atoms. The summed E-state index contributed by atoms with van der Waals surface area (Å²) in [6.45, 7) is 12.5. The number of hydrogen-bond donors (Lipinski definition) is 0. The van der Waals surface area contributed by atoms with Gasteiger partial charge in [-0.15, -0.1) is 6.58 Å². The summed E-state index contributed by atoms with van der Waals surface area (Å²) in [5.41, 5.74) is 1.16. The van der Waals surface area contributed by atoms with Crippen molar-refractivity contribution in [2.75, 3.05) is 6.61 Å². The van der Waals surface area contributed by atoms with Gasteiger partial charge in [0.05, 0.1) is 12.0 Å². The minimum absolute atomic E-state index is 0.110. The van der Waals surface area contributed by atoms with Crippen molar-refractivity contribution in [3.8, 4) is 0 Å². The van der Waals surface area contributed by atoms with Crippen LogP contribution >= 0.6 is 0 Å². The Labute approximate surface area is 148 Å². The van der Waals surface area contributed by atoms with Gasteiger partial charge < -0.3 is 4.74 Å². The topological polar surface area (TPSA) is 26.3 Å². The Morgan fingerprint density at radius 2 is 1.71 bits per heavy atom. The van der Waals surface area contributed by atoms with Crippen molar-refractivity contribution in [2.45, 2.75) is 66.2 Å². The first kappa shape index (κ1) is 20.5. The van der Waals surface area contributed by atoms with Gasteiger partial charge in [0.25, 0.3) is 0 Å². The first-order chi connectivity index (χ1) is 11.3. The molecule has 0 saturated carbocycles. The second-order valence-corrected chi connectivity index (χ2v) is 8.04. The maximum atomic E-state index is 11.7. The molecule has 0 spiro atoms. The lowest BCUT2D eigenvalue weighted by Gasteiger charge is -2.26. The predicted molar refractivity (Wildman–Crippen MR) is 102 cm³/mol. The molecule has 0 aliphatic carbocycles. The summed E-state index contributed by atoms with van der Waals surface area (Å²) in [6.07, 6.45) is 8.63. The molecular weight excluding hydrogens is 296 g/mol. The predicted octanol–water partition coefficient (Wildman–Crippen LogP) is 5.96. The number of ether oxygens (including phenoxy) is 1.